The molecule has 2 saturated heterocycles. The zero-order valence-corrected chi connectivity index (χ0v) is 20.3. The van der Waals surface area contributed by atoms with Gasteiger partial charge in [-0.2, -0.15) is 0 Å². The van der Waals surface area contributed by atoms with Gasteiger partial charge in [0.1, 0.15) is 18.0 Å². The number of carbonyl (C=O) groups is 2. The van der Waals surface area contributed by atoms with Crippen LogP contribution in [0.5, 0.6) is 5.75 Å². The lowest BCUT2D eigenvalue weighted by molar-refractivity contribution is -0.140. The first-order valence-corrected chi connectivity index (χ1v) is 12.6. The molecule has 2 heterocycles. The van der Waals surface area contributed by atoms with Crippen molar-refractivity contribution in [2.75, 3.05) is 6.61 Å². The molecule has 0 N–H and O–H groups in total. The summed E-state index contributed by atoms with van der Waals surface area (Å²) in [5.74, 6) is 0.362. The van der Waals surface area contributed by atoms with Crippen LogP contribution in [0.2, 0.25) is 0 Å². The standard InChI is InChI=1S/C30H34O5/c1-21-19-27(34-29(21)31)9-7-5-3-4-6-8-18-33-26-16-14-24(15-17-26)23-10-12-25(13-11-23)28-20-22(2)30(32)35-28/h10-17,27-28H,1-9,18-20H2. The van der Waals surface area contributed by atoms with Crippen LogP contribution in [0.3, 0.4) is 0 Å². The topological polar surface area (TPSA) is 61.8 Å². The Morgan fingerprint density at radius 1 is 0.714 bits per heavy atom. The monoisotopic (exact) mass is 474 g/mol. The molecule has 2 aliphatic rings. The molecule has 2 unspecified atom stereocenters. The third-order valence-electron chi connectivity index (χ3n) is 6.67. The fourth-order valence-electron chi connectivity index (χ4n) is 4.55. The molecule has 184 valence electrons. The summed E-state index contributed by atoms with van der Waals surface area (Å²) in [6.07, 6.45) is 8.89. The third kappa shape index (κ3) is 6.84. The molecule has 4 rings (SSSR count). The molecule has 0 aliphatic carbocycles. The smallest absolute Gasteiger partial charge is 0.334 e. The molecule has 2 aromatic rings. The predicted molar refractivity (Wildman–Crippen MR) is 136 cm³/mol. The van der Waals surface area contributed by atoms with Gasteiger partial charge in [-0.05, 0) is 48.1 Å². The van der Waals surface area contributed by atoms with Crippen molar-refractivity contribution in [3.05, 3.63) is 78.4 Å². The third-order valence-corrected chi connectivity index (χ3v) is 6.67. The van der Waals surface area contributed by atoms with Crippen molar-refractivity contribution < 1.29 is 23.8 Å². The average molecular weight is 475 g/mol. The summed E-state index contributed by atoms with van der Waals surface area (Å²) in [6.45, 7) is 8.20. The molecule has 5 heteroatoms. The van der Waals surface area contributed by atoms with E-state index < -0.39 is 0 Å². The van der Waals surface area contributed by atoms with Crippen molar-refractivity contribution in [1.82, 2.24) is 0 Å². The van der Waals surface area contributed by atoms with E-state index in [-0.39, 0.29) is 24.1 Å². The van der Waals surface area contributed by atoms with Crippen molar-refractivity contribution in [3.63, 3.8) is 0 Å². The van der Waals surface area contributed by atoms with E-state index in [1.807, 2.05) is 24.3 Å². The maximum atomic E-state index is 11.6. The highest BCUT2D eigenvalue weighted by Crippen LogP contribution is 2.33. The minimum absolute atomic E-state index is 0.0495. The number of carbonyl (C=O) groups excluding carboxylic acids is 2. The van der Waals surface area contributed by atoms with Gasteiger partial charge in [-0.15, -0.1) is 0 Å². The zero-order valence-electron chi connectivity index (χ0n) is 20.3. The highest BCUT2D eigenvalue weighted by molar-refractivity contribution is 5.90. The summed E-state index contributed by atoms with van der Waals surface area (Å²) in [5.41, 5.74) is 4.37. The number of hydrogen-bond donors (Lipinski definition) is 0. The Labute approximate surface area is 207 Å². The largest absolute Gasteiger partial charge is 0.494 e. The Kier molecular flexibility index (Phi) is 8.40. The second-order valence-electron chi connectivity index (χ2n) is 9.44. The second-order valence-corrected chi connectivity index (χ2v) is 9.44. The fraction of sp³-hybridized carbons (Fsp3) is 0.400. The molecule has 2 atom stereocenters. The van der Waals surface area contributed by atoms with Crippen LogP contribution in [0.15, 0.2) is 72.8 Å². The van der Waals surface area contributed by atoms with Crippen molar-refractivity contribution in [1.29, 1.82) is 0 Å². The normalized spacial score (nSPS) is 19.7. The van der Waals surface area contributed by atoms with E-state index in [0.717, 1.165) is 54.7 Å². The van der Waals surface area contributed by atoms with Crippen molar-refractivity contribution in [3.8, 4) is 16.9 Å². The van der Waals surface area contributed by atoms with Gasteiger partial charge in [-0.3, -0.25) is 0 Å². The van der Waals surface area contributed by atoms with Gasteiger partial charge in [0, 0.05) is 24.0 Å². The van der Waals surface area contributed by atoms with Gasteiger partial charge in [0.05, 0.1) is 6.61 Å². The van der Waals surface area contributed by atoms with Crippen molar-refractivity contribution in [2.24, 2.45) is 0 Å². The van der Waals surface area contributed by atoms with Gasteiger partial charge in [0.2, 0.25) is 0 Å². The molecule has 0 amide bonds. The first kappa shape index (κ1) is 24.8. The Balaban J connectivity index is 1.09. The summed E-state index contributed by atoms with van der Waals surface area (Å²) in [5, 5.41) is 0. The lowest BCUT2D eigenvalue weighted by Gasteiger charge is -2.11. The number of rotatable bonds is 12. The summed E-state index contributed by atoms with van der Waals surface area (Å²) in [7, 11) is 0. The van der Waals surface area contributed by atoms with Crippen LogP contribution in [0, 0.1) is 0 Å². The molecule has 2 aliphatic heterocycles. The Morgan fingerprint density at radius 3 is 1.89 bits per heavy atom. The number of ether oxygens (including phenoxy) is 3. The summed E-state index contributed by atoms with van der Waals surface area (Å²) in [6, 6.07) is 16.3. The lowest BCUT2D eigenvalue weighted by atomic mass is 10.00. The SMILES string of the molecule is C=C1CC(CCCCCCCCOc2ccc(-c3ccc(C4CC(=C)C(=O)O4)cc3)cc2)OC1=O. The van der Waals surface area contributed by atoms with Crippen molar-refractivity contribution in [2.45, 2.75) is 70.0 Å². The number of benzene rings is 2. The quantitative estimate of drug-likeness (QED) is 0.191. The zero-order chi connectivity index (χ0) is 24.6. The van der Waals surface area contributed by atoms with E-state index in [2.05, 4.69) is 37.4 Å². The molecular weight excluding hydrogens is 440 g/mol. The van der Waals surface area contributed by atoms with E-state index in [4.69, 9.17) is 14.2 Å². The van der Waals surface area contributed by atoms with E-state index in [1.165, 1.54) is 19.3 Å². The first-order valence-electron chi connectivity index (χ1n) is 12.6. The highest BCUT2D eigenvalue weighted by atomic mass is 16.6. The Hall–Kier alpha value is -3.34. The van der Waals surface area contributed by atoms with Gasteiger partial charge >= 0.3 is 11.9 Å². The second kappa shape index (κ2) is 11.9. The predicted octanol–water partition coefficient (Wildman–Crippen LogP) is 6.88. The number of hydrogen-bond acceptors (Lipinski definition) is 5. The molecule has 5 nitrogen and oxygen atoms in total. The minimum atomic E-state index is -0.299. The van der Waals surface area contributed by atoms with Crippen molar-refractivity contribution >= 4 is 11.9 Å². The number of cyclic esters (lactones) is 2. The number of unbranched alkanes of at least 4 members (excludes halogenated alkanes) is 5. The maximum absolute atomic E-state index is 11.6. The highest BCUT2D eigenvalue weighted by Gasteiger charge is 2.28. The summed E-state index contributed by atoms with van der Waals surface area (Å²) < 4.78 is 16.5. The van der Waals surface area contributed by atoms with Crippen LogP contribution in [0.4, 0.5) is 0 Å². The molecule has 0 radical (unpaired) electrons. The van der Waals surface area contributed by atoms with Gasteiger partial charge < -0.3 is 14.2 Å². The summed E-state index contributed by atoms with van der Waals surface area (Å²) in [4.78, 5) is 22.9. The molecule has 2 aromatic carbocycles. The molecule has 0 aromatic heterocycles. The molecular formula is C30H34O5. The van der Waals surface area contributed by atoms with Gasteiger partial charge in [0.15, 0.2) is 0 Å². The van der Waals surface area contributed by atoms with Gasteiger partial charge in [-0.25, -0.2) is 9.59 Å². The number of esters is 2. The van der Waals surface area contributed by atoms with E-state index >= 15 is 0 Å². The Morgan fingerprint density at radius 2 is 1.29 bits per heavy atom. The van der Waals surface area contributed by atoms with E-state index in [0.29, 0.717) is 24.0 Å². The van der Waals surface area contributed by atoms with Crippen LogP contribution < -0.4 is 4.74 Å². The first-order chi connectivity index (χ1) is 17.0. The fourth-order valence-corrected chi connectivity index (χ4v) is 4.55. The molecule has 0 saturated carbocycles. The summed E-state index contributed by atoms with van der Waals surface area (Å²) >= 11 is 0. The van der Waals surface area contributed by atoms with Gasteiger partial charge in [-0.1, -0.05) is 75.2 Å². The van der Waals surface area contributed by atoms with Crippen LogP contribution in [0.1, 0.15) is 69.5 Å². The molecule has 0 spiro atoms. The van der Waals surface area contributed by atoms with Crippen LogP contribution in [-0.4, -0.2) is 24.6 Å². The Bertz CT molecular complexity index is 1020. The lowest BCUT2D eigenvalue weighted by Crippen LogP contribution is -2.06. The maximum Gasteiger partial charge on any atom is 0.334 e. The van der Waals surface area contributed by atoms with Crippen LogP contribution in [0.25, 0.3) is 11.1 Å². The minimum Gasteiger partial charge on any atom is -0.494 e. The molecule has 35 heavy (non-hydrogen) atoms. The van der Waals surface area contributed by atoms with Crippen LogP contribution in [-0.2, 0) is 19.1 Å². The average Bonchev–Trinajstić information content (AvgIpc) is 3.38. The van der Waals surface area contributed by atoms with E-state index in [9.17, 15) is 9.59 Å². The van der Waals surface area contributed by atoms with E-state index in [1.54, 1.807) is 0 Å². The van der Waals surface area contributed by atoms with Gasteiger partial charge in [0.25, 0.3) is 0 Å². The molecule has 2 fully saturated rings. The molecule has 0 bridgehead atoms. The van der Waals surface area contributed by atoms with Crippen LogP contribution >= 0.6 is 0 Å².